The van der Waals surface area contributed by atoms with E-state index in [1.807, 2.05) is 11.8 Å². The molecule has 2 atom stereocenters. The monoisotopic (exact) mass is 254 g/mol. The zero-order valence-electron chi connectivity index (χ0n) is 11.4. The second kappa shape index (κ2) is 4.88. The van der Waals surface area contributed by atoms with Crippen molar-refractivity contribution in [2.45, 2.75) is 57.7 Å². The minimum absolute atomic E-state index is 0.0208. The fourth-order valence-corrected chi connectivity index (χ4v) is 2.75. The first-order valence-electron chi connectivity index (χ1n) is 6.64. The lowest BCUT2D eigenvalue weighted by atomic mass is 9.98. The molecule has 0 spiro atoms. The molecule has 5 heteroatoms. The number of nitrogens with one attached hydrogen (secondary N) is 1. The van der Waals surface area contributed by atoms with Crippen molar-refractivity contribution in [1.82, 2.24) is 10.2 Å². The number of amides is 2. The highest BCUT2D eigenvalue weighted by atomic mass is 16.5. The van der Waals surface area contributed by atoms with E-state index in [1.54, 1.807) is 13.8 Å². The number of rotatable bonds is 1. The summed E-state index contributed by atoms with van der Waals surface area (Å²) in [4.78, 5) is 26.0. The van der Waals surface area contributed by atoms with Crippen molar-refractivity contribution in [2.75, 3.05) is 13.2 Å². The highest BCUT2D eigenvalue weighted by Gasteiger charge is 2.40. The van der Waals surface area contributed by atoms with Crippen molar-refractivity contribution in [2.24, 2.45) is 0 Å². The summed E-state index contributed by atoms with van der Waals surface area (Å²) in [6, 6.07) is 0.202. The van der Waals surface area contributed by atoms with Crippen molar-refractivity contribution >= 4 is 11.8 Å². The van der Waals surface area contributed by atoms with Crippen LogP contribution in [-0.2, 0) is 14.3 Å². The first-order valence-corrected chi connectivity index (χ1v) is 6.64. The molecular weight excluding hydrogens is 232 g/mol. The van der Waals surface area contributed by atoms with Crippen LogP contribution in [0.25, 0.3) is 0 Å². The Morgan fingerprint density at radius 3 is 2.78 bits per heavy atom. The summed E-state index contributed by atoms with van der Waals surface area (Å²) in [6.45, 7) is 6.79. The minimum atomic E-state index is -0.797. The Kier molecular flexibility index (Phi) is 3.61. The summed E-state index contributed by atoms with van der Waals surface area (Å²) >= 11 is 0. The van der Waals surface area contributed by atoms with E-state index in [4.69, 9.17) is 4.74 Å². The van der Waals surface area contributed by atoms with E-state index in [1.165, 1.54) is 0 Å². The predicted molar refractivity (Wildman–Crippen MR) is 67.0 cm³/mol. The summed E-state index contributed by atoms with van der Waals surface area (Å²) < 4.78 is 5.52. The molecule has 5 nitrogen and oxygen atoms in total. The van der Waals surface area contributed by atoms with E-state index in [9.17, 15) is 9.59 Å². The summed E-state index contributed by atoms with van der Waals surface area (Å²) in [7, 11) is 0. The molecule has 18 heavy (non-hydrogen) atoms. The maximum absolute atomic E-state index is 12.5. The van der Waals surface area contributed by atoms with Crippen LogP contribution >= 0.6 is 0 Å². The van der Waals surface area contributed by atoms with Gasteiger partial charge in [0.1, 0.15) is 5.54 Å². The fraction of sp³-hybridized carbons (Fsp3) is 0.846. The Morgan fingerprint density at radius 1 is 1.39 bits per heavy atom. The highest BCUT2D eigenvalue weighted by molar-refractivity contribution is 5.93. The molecule has 2 saturated heterocycles. The van der Waals surface area contributed by atoms with Gasteiger partial charge in [-0.2, -0.15) is 0 Å². The maximum Gasteiger partial charge on any atom is 0.248 e. The van der Waals surface area contributed by atoms with Gasteiger partial charge in [0.05, 0.1) is 6.10 Å². The molecule has 2 aliphatic heterocycles. The first kappa shape index (κ1) is 13.3. The molecule has 0 saturated carbocycles. The number of ether oxygens (including phenoxy) is 1. The Morgan fingerprint density at radius 2 is 2.11 bits per heavy atom. The quantitative estimate of drug-likeness (QED) is 0.748. The van der Waals surface area contributed by atoms with E-state index in [2.05, 4.69) is 5.32 Å². The van der Waals surface area contributed by atoms with E-state index in [0.717, 1.165) is 12.8 Å². The summed E-state index contributed by atoms with van der Waals surface area (Å²) in [6.07, 6.45) is 2.30. The smallest absolute Gasteiger partial charge is 0.248 e. The van der Waals surface area contributed by atoms with Crippen LogP contribution in [0, 0.1) is 0 Å². The molecular formula is C13H22N2O3. The standard InChI is InChI=1S/C13H22N2O3/c1-9-8-10(5-7-18-9)15-6-4-11(16)14-13(2,3)12(15)17/h9-10H,4-8H2,1-3H3,(H,14,16). The SMILES string of the molecule is CC1CC(N2CCC(=O)NC(C)(C)C2=O)CCO1. The molecule has 2 fully saturated rings. The number of hydrogen-bond donors (Lipinski definition) is 1. The van der Waals surface area contributed by atoms with Crippen LogP contribution in [0.5, 0.6) is 0 Å². The zero-order valence-corrected chi connectivity index (χ0v) is 11.4. The van der Waals surface area contributed by atoms with Gasteiger partial charge in [-0.15, -0.1) is 0 Å². The third kappa shape index (κ3) is 2.66. The van der Waals surface area contributed by atoms with Gasteiger partial charge in [-0.25, -0.2) is 0 Å². The molecule has 102 valence electrons. The predicted octanol–water partition coefficient (Wildman–Crippen LogP) is 0.681. The maximum atomic E-state index is 12.5. The Balaban J connectivity index is 2.15. The molecule has 2 aliphatic rings. The summed E-state index contributed by atoms with van der Waals surface area (Å²) in [5.74, 6) is -0.0246. The molecule has 0 aromatic carbocycles. The number of carbonyl (C=O) groups is 2. The molecule has 0 aromatic rings. The molecule has 0 bridgehead atoms. The van der Waals surface area contributed by atoms with Crippen LogP contribution in [0.3, 0.4) is 0 Å². The number of nitrogens with zero attached hydrogens (tertiary/aromatic N) is 1. The lowest BCUT2D eigenvalue weighted by Gasteiger charge is -2.38. The topological polar surface area (TPSA) is 58.6 Å². The molecule has 1 N–H and O–H groups in total. The molecule has 2 unspecified atom stereocenters. The molecule has 0 aromatic heterocycles. The fourth-order valence-electron chi connectivity index (χ4n) is 2.75. The van der Waals surface area contributed by atoms with Gasteiger partial charge in [-0.05, 0) is 33.6 Å². The van der Waals surface area contributed by atoms with E-state index >= 15 is 0 Å². The normalized spacial score (nSPS) is 32.9. The molecule has 2 heterocycles. The van der Waals surface area contributed by atoms with Crippen LogP contribution in [-0.4, -0.2) is 47.6 Å². The van der Waals surface area contributed by atoms with Gasteiger partial charge in [-0.3, -0.25) is 9.59 Å². The van der Waals surface area contributed by atoms with Gasteiger partial charge in [0.25, 0.3) is 0 Å². The first-order chi connectivity index (χ1) is 8.40. The van der Waals surface area contributed by atoms with Crippen molar-refractivity contribution < 1.29 is 14.3 Å². The Hall–Kier alpha value is -1.10. The van der Waals surface area contributed by atoms with Crippen LogP contribution in [0.2, 0.25) is 0 Å². The van der Waals surface area contributed by atoms with Gasteiger partial charge in [-0.1, -0.05) is 0 Å². The Bertz CT molecular complexity index is 354. The lowest BCUT2D eigenvalue weighted by molar-refractivity contribution is -0.142. The van der Waals surface area contributed by atoms with E-state index in [0.29, 0.717) is 19.6 Å². The van der Waals surface area contributed by atoms with Crippen LogP contribution in [0.4, 0.5) is 0 Å². The molecule has 0 aliphatic carbocycles. The second-order valence-electron chi connectivity index (χ2n) is 5.78. The second-order valence-corrected chi connectivity index (χ2v) is 5.78. The molecule has 2 amide bonds. The average Bonchev–Trinajstić information content (AvgIpc) is 2.37. The largest absolute Gasteiger partial charge is 0.378 e. The van der Waals surface area contributed by atoms with Gasteiger partial charge in [0.2, 0.25) is 11.8 Å². The van der Waals surface area contributed by atoms with Crippen LogP contribution in [0.1, 0.15) is 40.0 Å². The van der Waals surface area contributed by atoms with Gasteiger partial charge in [0, 0.05) is 25.6 Å². The third-order valence-corrected chi connectivity index (χ3v) is 3.73. The lowest BCUT2D eigenvalue weighted by Crippen LogP contribution is -2.56. The number of hydrogen-bond acceptors (Lipinski definition) is 3. The van der Waals surface area contributed by atoms with Crippen LogP contribution < -0.4 is 5.32 Å². The van der Waals surface area contributed by atoms with Gasteiger partial charge < -0.3 is 15.0 Å². The average molecular weight is 254 g/mol. The molecule has 0 radical (unpaired) electrons. The van der Waals surface area contributed by atoms with Crippen molar-refractivity contribution in [3.63, 3.8) is 0 Å². The van der Waals surface area contributed by atoms with E-state index < -0.39 is 5.54 Å². The van der Waals surface area contributed by atoms with Crippen molar-refractivity contribution in [3.05, 3.63) is 0 Å². The summed E-state index contributed by atoms with van der Waals surface area (Å²) in [5, 5.41) is 2.79. The number of carbonyl (C=O) groups excluding carboxylic acids is 2. The van der Waals surface area contributed by atoms with Crippen molar-refractivity contribution in [1.29, 1.82) is 0 Å². The van der Waals surface area contributed by atoms with E-state index in [-0.39, 0.29) is 24.0 Å². The highest BCUT2D eigenvalue weighted by Crippen LogP contribution is 2.23. The van der Waals surface area contributed by atoms with Crippen molar-refractivity contribution in [3.8, 4) is 0 Å². The van der Waals surface area contributed by atoms with Crippen LogP contribution in [0.15, 0.2) is 0 Å². The third-order valence-electron chi connectivity index (χ3n) is 3.73. The minimum Gasteiger partial charge on any atom is -0.378 e. The van der Waals surface area contributed by atoms with Gasteiger partial charge >= 0.3 is 0 Å². The Labute approximate surface area is 108 Å². The molecule has 2 rings (SSSR count). The zero-order chi connectivity index (χ0) is 13.3. The van der Waals surface area contributed by atoms with Gasteiger partial charge in [0.15, 0.2) is 0 Å². The summed E-state index contributed by atoms with van der Waals surface area (Å²) in [5.41, 5.74) is -0.797.